The molecule has 0 radical (unpaired) electrons. The summed E-state index contributed by atoms with van der Waals surface area (Å²) in [5, 5.41) is 18.2. The predicted octanol–water partition coefficient (Wildman–Crippen LogP) is 1.98. The molecule has 3 unspecified atom stereocenters. The molecule has 1 fully saturated rings. The molecule has 2 aliphatic heterocycles. The van der Waals surface area contributed by atoms with Gasteiger partial charge in [-0.3, -0.25) is 14.5 Å². The van der Waals surface area contributed by atoms with Crippen LogP contribution in [0.3, 0.4) is 0 Å². The van der Waals surface area contributed by atoms with E-state index in [0.717, 1.165) is 12.5 Å². The molecular formula is C23H24F4N4O6. The Morgan fingerprint density at radius 3 is 2.51 bits per heavy atom. The highest BCUT2D eigenvalue weighted by Crippen LogP contribution is 2.45. The number of alkyl halides is 3. The molecule has 10 nitrogen and oxygen atoms in total. The highest BCUT2D eigenvalue weighted by molar-refractivity contribution is 5.97. The quantitative estimate of drug-likeness (QED) is 0.403. The minimum atomic E-state index is -5.08. The van der Waals surface area contributed by atoms with Gasteiger partial charge < -0.3 is 25.6 Å². The first-order chi connectivity index (χ1) is 17.3. The zero-order chi connectivity index (χ0) is 27.2. The van der Waals surface area contributed by atoms with Crippen LogP contribution in [0.2, 0.25) is 0 Å². The minimum Gasteiger partial charge on any atom is -0.477 e. The summed E-state index contributed by atoms with van der Waals surface area (Å²) >= 11 is 0. The minimum absolute atomic E-state index is 0.00551. The molecular weight excluding hydrogens is 504 g/mol. The van der Waals surface area contributed by atoms with Gasteiger partial charge in [0.15, 0.2) is 18.3 Å². The lowest BCUT2D eigenvalue weighted by atomic mass is 9.78. The fourth-order valence-electron chi connectivity index (χ4n) is 5.08. The molecule has 0 saturated carbocycles. The molecule has 0 spiro atoms. The summed E-state index contributed by atoms with van der Waals surface area (Å²) in [7, 11) is 1.71. The normalized spacial score (nSPS) is 22.3. The van der Waals surface area contributed by atoms with Crippen LogP contribution < -0.4 is 25.8 Å². The third-order valence-corrected chi connectivity index (χ3v) is 6.85. The van der Waals surface area contributed by atoms with Crippen molar-refractivity contribution in [2.45, 2.75) is 12.6 Å². The second kappa shape index (κ2) is 9.57. The Bertz CT molecular complexity index is 1340. The first-order valence-corrected chi connectivity index (χ1v) is 11.3. The van der Waals surface area contributed by atoms with Gasteiger partial charge in [0.05, 0.1) is 5.39 Å². The first-order valence-electron chi connectivity index (χ1n) is 11.3. The number of aromatic nitrogens is 1. The summed E-state index contributed by atoms with van der Waals surface area (Å²) < 4.78 is 54.6. The van der Waals surface area contributed by atoms with Crippen LogP contribution in [0.15, 0.2) is 29.2 Å². The molecule has 3 atom stereocenters. The van der Waals surface area contributed by atoms with Gasteiger partial charge in [-0.2, -0.15) is 13.2 Å². The Balaban J connectivity index is 0.000000405. The number of pyridine rings is 1. The van der Waals surface area contributed by atoms with Crippen LogP contribution in [0.1, 0.15) is 16.8 Å². The molecule has 1 aliphatic carbocycles. The summed E-state index contributed by atoms with van der Waals surface area (Å²) in [6.07, 6.45) is 1.46. The Morgan fingerprint density at radius 2 is 1.92 bits per heavy atom. The van der Waals surface area contributed by atoms with Crippen molar-refractivity contribution in [2.75, 3.05) is 43.3 Å². The molecule has 0 bridgehead atoms. The number of benzene rings is 1. The molecule has 200 valence electrons. The molecule has 4 N–H and O–H groups in total. The number of halogens is 4. The number of anilines is 1. The maximum atomic E-state index is 15.4. The van der Waals surface area contributed by atoms with Crippen molar-refractivity contribution in [3.8, 4) is 5.75 Å². The first kappa shape index (κ1) is 26.3. The van der Waals surface area contributed by atoms with Gasteiger partial charge in [0.2, 0.25) is 5.43 Å². The highest BCUT2D eigenvalue weighted by Gasteiger charge is 2.40. The van der Waals surface area contributed by atoms with E-state index < -0.39 is 34.9 Å². The van der Waals surface area contributed by atoms with E-state index in [1.807, 2.05) is 4.90 Å². The van der Waals surface area contributed by atoms with E-state index in [-0.39, 0.29) is 23.8 Å². The molecule has 1 aromatic carbocycles. The van der Waals surface area contributed by atoms with Gasteiger partial charge >= 0.3 is 18.1 Å². The number of allylic oxidation sites excluding steroid dienone is 1. The lowest BCUT2D eigenvalue weighted by molar-refractivity contribution is -0.192. The molecule has 1 aromatic heterocycles. The third-order valence-electron chi connectivity index (χ3n) is 6.85. The fourth-order valence-corrected chi connectivity index (χ4v) is 5.08. The van der Waals surface area contributed by atoms with Crippen molar-refractivity contribution in [3.63, 3.8) is 0 Å². The van der Waals surface area contributed by atoms with Gasteiger partial charge in [-0.05, 0) is 36.8 Å². The zero-order valence-corrected chi connectivity index (χ0v) is 19.5. The molecule has 2 aromatic rings. The van der Waals surface area contributed by atoms with E-state index in [0.29, 0.717) is 42.7 Å². The van der Waals surface area contributed by atoms with Crippen molar-refractivity contribution in [3.05, 3.63) is 46.0 Å². The number of carboxylic acids is 2. The summed E-state index contributed by atoms with van der Waals surface area (Å²) in [5.74, 6) is -3.42. The van der Waals surface area contributed by atoms with Crippen molar-refractivity contribution in [1.29, 1.82) is 0 Å². The molecule has 1 saturated heterocycles. The lowest BCUT2D eigenvalue weighted by Gasteiger charge is -2.33. The predicted molar refractivity (Wildman–Crippen MR) is 124 cm³/mol. The van der Waals surface area contributed by atoms with Crippen LogP contribution in [0.5, 0.6) is 5.75 Å². The summed E-state index contributed by atoms with van der Waals surface area (Å²) in [6.45, 7) is 1.99. The van der Waals surface area contributed by atoms with Gasteiger partial charge in [0.1, 0.15) is 16.8 Å². The average molecular weight is 528 g/mol. The van der Waals surface area contributed by atoms with Crippen molar-refractivity contribution in [2.24, 2.45) is 23.5 Å². The number of carboxylic acid groups (broad SMARTS) is 2. The van der Waals surface area contributed by atoms with E-state index >= 15 is 4.39 Å². The monoisotopic (exact) mass is 528 g/mol. The summed E-state index contributed by atoms with van der Waals surface area (Å²) in [5.41, 5.74) is 5.54. The Morgan fingerprint density at radius 1 is 1.24 bits per heavy atom. The Labute approximate surface area is 207 Å². The lowest BCUT2D eigenvalue weighted by Crippen LogP contribution is -2.40. The third kappa shape index (κ3) is 4.68. The number of aliphatic carboxylic acids is 1. The van der Waals surface area contributed by atoms with Crippen LogP contribution in [-0.4, -0.2) is 66.4 Å². The number of fused-ring (bicyclic) bond motifs is 1. The van der Waals surface area contributed by atoms with E-state index in [1.165, 1.54) is 6.20 Å². The number of carbonyl (C=O) groups is 2. The number of rotatable bonds is 3. The average Bonchev–Trinajstić information content (AvgIpc) is 3.25. The zero-order valence-electron chi connectivity index (χ0n) is 19.5. The topological polar surface area (TPSA) is 138 Å². The molecule has 3 aliphatic rings. The van der Waals surface area contributed by atoms with Crippen LogP contribution in [-0.2, 0) is 4.79 Å². The number of nitrogens with two attached hydrogens (primary N) is 1. The van der Waals surface area contributed by atoms with Crippen molar-refractivity contribution >= 4 is 28.5 Å². The smallest absolute Gasteiger partial charge is 0.477 e. The second-order valence-corrected chi connectivity index (χ2v) is 9.08. The molecule has 5 rings (SSSR count). The maximum absolute atomic E-state index is 15.4. The highest BCUT2D eigenvalue weighted by atomic mass is 19.4. The number of aromatic carboxylic acids is 1. The van der Waals surface area contributed by atoms with E-state index in [2.05, 4.69) is 12.2 Å². The van der Waals surface area contributed by atoms with Crippen molar-refractivity contribution in [1.82, 2.24) is 4.68 Å². The fraction of sp³-hybridized carbons (Fsp3) is 0.435. The second-order valence-electron chi connectivity index (χ2n) is 9.08. The largest absolute Gasteiger partial charge is 0.490 e. The maximum Gasteiger partial charge on any atom is 0.490 e. The van der Waals surface area contributed by atoms with E-state index in [4.69, 9.17) is 20.4 Å². The summed E-state index contributed by atoms with van der Waals surface area (Å²) in [4.78, 5) is 35.1. The molecule has 14 heteroatoms. The Kier molecular flexibility index (Phi) is 6.79. The summed E-state index contributed by atoms with van der Waals surface area (Å²) in [6, 6.07) is 1.14. The number of ether oxygens (including phenoxy) is 1. The van der Waals surface area contributed by atoms with E-state index in [1.54, 1.807) is 16.7 Å². The number of hydrogen-bond acceptors (Lipinski definition) is 7. The SMILES string of the molecule is CN1COc2c(N3CC4C=CCC(CN)C4C3)c(F)cc3c(=O)c(C(=O)O)cn1c23.O=C(O)C(F)(F)F. The Hall–Kier alpha value is -3.81. The van der Waals surface area contributed by atoms with Gasteiger partial charge in [-0.15, -0.1) is 0 Å². The number of hydrogen-bond donors (Lipinski definition) is 3. The van der Waals surface area contributed by atoms with Crippen LogP contribution in [0, 0.1) is 23.6 Å². The van der Waals surface area contributed by atoms with Crippen LogP contribution >= 0.6 is 0 Å². The molecule has 37 heavy (non-hydrogen) atoms. The molecule has 0 amide bonds. The van der Waals surface area contributed by atoms with Gasteiger partial charge in [0.25, 0.3) is 0 Å². The van der Waals surface area contributed by atoms with Crippen LogP contribution in [0.4, 0.5) is 23.2 Å². The van der Waals surface area contributed by atoms with Gasteiger partial charge in [-0.25, -0.2) is 14.0 Å². The number of nitrogens with zero attached hydrogens (tertiary/aromatic N) is 3. The van der Waals surface area contributed by atoms with E-state index in [9.17, 15) is 27.9 Å². The van der Waals surface area contributed by atoms with Crippen molar-refractivity contribution < 1.29 is 42.1 Å². The molecule has 3 heterocycles. The van der Waals surface area contributed by atoms with Gasteiger partial charge in [-0.1, -0.05) is 12.2 Å². The standard InChI is InChI=1S/C21H23FN4O4.C2HF3O2/c1-24-10-30-20-17-13(19(27)15(21(28)29)9-26(17)24)5-16(22)18(20)25-7-12-4-2-3-11(6-23)14(12)8-25;3-2(4,5)1(6)7/h2,4-5,9,11-12,14H,3,6-8,10,23H2,1H3,(H,28,29);(H,6,7). The van der Waals surface area contributed by atoms with Crippen LogP contribution in [0.25, 0.3) is 10.9 Å². The van der Waals surface area contributed by atoms with Gasteiger partial charge in [0, 0.05) is 26.3 Å².